The first-order valence-corrected chi connectivity index (χ1v) is 4.44. The lowest BCUT2D eigenvalue weighted by molar-refractivity contribution is -0.148. The number of hydrogen-bond acceptors (Lipinski definition) is 3. The summed E-state index contributed by atoms with van der Waals surface area (Å²) >= 11 is 0. The molecule has 3 atom stereocenters. The standard InChI is InChI=1S/C10H14O3/c1-7-4-3-5-10(9(7)6-11)13-8(2)12/h3,5-7,9-10H,4H2,1-2H3/t7-,9+,10-/m0/s1. The lowest BCUT2D eigenvalue weighted by atomic mass is 9.83. The Hall–Kier alpha value is -1.12. The summed E-state index contributed by atoms with van der Waals surface area (Å²) in [7, 11) is 0. The molecule has 0 saturated heterocycles. The zero-order chi connectivity index (χ0) is 9.84. The lowest BCUT2D eigenvalue weighted by Crippen LogP contribution is -2.32. The van der Waals surface area contributed by atoms with Crippen LogP contribution in [0, 0.1) is 11.8 Å². The normalized spacial score (nSPS) is 32.6. The van der Waals surface area contributed by atoms with E-state index in [1.165, 1.54) is 6.92 Å². The minimum absolute atomic E-state index is 0.186. The highest BCUT2D eigenvalue weighted by molar-refractivity contribution is 5.67. The van der Waals surface area contributed by atoms with Crippen molar-refractivity contribution in [3.8, 4) is 0 Å². The molecule has 1 rings (SSSR count). The van der Waals surface area contributed by atoms with E-state index in [4.69, 9.17) is 4.74 Å². The molecule has 0 amide bonds. The van der Waals surface area contributed by atoms with Crippen molar-refractivity contribution in [2.75, 3.05) is 0 Å². The Morgan fingerprint density at radius 1 is 1.62 bits per heavy atom. The summed E-state index contributed by atoms with van der Waals surface area (Å²) in [6.07, 6.45) is 5.14. The summed E-state index contributed by atoms with van der Waals surface area (Å²) in [5, 5.41) is 0. The minimum atomic E-state index is -0.362. The highest BCUT2D eigenvalue weighted by Crippen LogP contribution is 2.25. The molecule has 0 aromatic carbocycles. The van der Waals surface area contributed by atoms with Crippen molar-refractivity contribution in [2.45, 2.75) is 26.4 Å². The van der Waals surface area contributed by atoms with E-state index >= 15 is 0 Å². The van der Waals surface area contributed by atoms with E-state index < -0.39 is 0 Å². The van der Waals surface area contributed by atoms with Crippen molar-refractivity contribution in [3.63, 3.8) is 0 Å². The topological polar surface area (TPSA) is 43.4 Å². The SMILES string of the molecule is CC(=O)O[C@H]1C=CC[C@H](C)[C@H]1C=O. The van der Waals surface area contributed by atoms with Gasteiger partial charge in [0.15, 0.2) is 0 Å². The molecule has 3 nitrogen and oxygen atoms in total. The molecule has 3 heteroatoms. The van der Waals surface area contributed by atoms with Gasteiger partial charge in [0.1, 0.15) is 12.4 Å². The van der Waals surface area contributed by atoms with Gasteiger partial charge in [-0.15, -0.1) is 0 Å². The van der Waals surface area contributed by atoms with E-state index in [-0.39, 0.29) is 23.9 Å². The highest BCUT2D eigenvalue weighted by atomic mass is 16.5. The zero-order valence-electron chi connectivity index (χ0n) is 7.90. The van der Waals surface area contributed by atoms with Gasteiger partial charge in [-0.25, -0.2) is 0 Å². The second kappa shape index (κ2) is 4.21. The molecule has 0 bridgehead atoms. The molecule has 0 aliphatic heterocycles. The molecule has 0 radical (unpaired) electrons. The van der Waals surface area contributed by atoms with Crippen LogP contribution in [-0.2, 0) is 14.3 Å². The third kappa shape index (κ3) is 2.41. The molecule has 0 unspecified atom stereocenters. The molecular weight excluding hydrogens is 168 g/mol. The molecule has 1 aliphatic carbocycles. The van der Waals surface area contributed by atoms with Gasteiger partial charge in [-0.2, -0.15) is 0 Å². The molecule has 0 N–H and O–H groups in total. The third-order valence-corrected chi connectivity index (χ3v) is 2.33. The van der Waals surface area contributed by atoms with Crippen LogP contribution in [0.1, 0.15) is 20.3 Å². The summed E-state index contributed by atoms with van der Waals surface area (Å²) in [5.74, 6) is -0.267. The number of carbonyl (C=O) groups excluding carboxylic acids is 2. The molecule has 0 spiro atoms. The van der Waals surface area contributed by atoms with Crippen molar-refractivity contribution < 1.29 is 14.3 Å². The number of aldehydes is 1. The van der Waals surface area contributed by atoms with Crippen molar-refractivity contribution in [2.24, 2.45) is 11.8 Å². The van der Waals surface area contributed by atoms with Crippen LogP contribution in [0.2, 0.25) is 0 Å². The maximum atomic E-state index is 10.7. The smallest absolute Gasteiger partial charge is 0.303 e. The lowest BCUT2D eigenvalue weighted by Gasteiger charge is -2.27. The number of rotatable bonds is 2. The molecule has 1 aliphatic rings. The highest BCUT2D eigenvalue weighted by Gasteiger charge is 2.29. The van der Waals surface area contributed by atoms with Gasteiger partial charge in [-0.3, -0.25) is 4.79 Å². The van der Waals surface area contributed by atoms with Crippen molar-refractivity contribution in [1.29, 1.82) is 0 Å². The predicted molar refractivity (Wildman–Crippen MR) is 48.0 cm³/mol. The molecule has 0 aromatic rings. The fourth-order valence-corrected chi connectivity index (χ4v) is 1.56. The first-order valence-electron chi connectivity index (χ1n) is 4.44. The maximum absolute atomic E-state index is 10.7. The summed E-state index contributed by atoms with van der Waals surface area (Å²) < 4.78 is 5.01. The molecule has 0 aromatic heterocycles. The summed E-state index contributed by atoms with van der Waals surface area (Å²) in [6, 6.07) is 0. The van der Waals surface area contributed by atoms with Crippen LogP contribution in [0.5, 0.6) is 0 Å². The Kier molecular flexibility index (Phi) is 3.23. The largest absolute Gasteiger partial charge is 0.458 e. The maximum Gasteiger partial charge on any atom is 0.303 e. The van der Waals surface area contributed by atoms with Gasteiger partial charge in [0.2, 0.25) is 0 Å². The fraction of sp³-hybridized carbons (Fsp3) is 0.600. The van der Waals surface area contributed by atoms with Crippen LogP contribution in [0.15, 0.2) is 12.2 Å². The van der Waals surface area contributed by atoms with Crippen LogP contribution in [-0.4, -0.2) is 18.4 Å². The van der Waals surface area contributed by atoms with Crippen LogP contribution in [0.4, 0.5) is 0 Å². The quantitative estimate of drug-likeness (QED) is 0.367. The van der Waals surface area contributed by atoms with E-state index in [1.807, 2.05) is 13.0 Å². The number of esters is 1. The zero-order valence-corrected chi connectivity index (χ0v) is 7.90. The average Bonchev–Trinajstić information content (AvgIpc) is 2.03. The predicted octanol–water partition coefficient (Wildman–Crippen LogP) is 1.33. The van der Waals surface area contributed by atoms with Crippen LogP contribution in [0.25, 0.3) is 0 Å². The number of carbonyl (C=O) groups is 2. The van der Waals surface area contributed by atoms with E-state index in [0.29, 0.717) is 0 Å². The van der Waals surface area contributed by atoms with Gasteiger partial charge >= 0.3 is 5.97 Å². The number of hydrogen-bond donors (Lipinski definition) is 0. The Labute approximate surface area is 77.8 Å². The van der Waals surface area contributed by atoms with Crippen LogP contribution < -0.4 is 0 Å². The van der Waals surface area contributed by atoms with Gasteiger partial charge in [-0.05, 0) is 18.4 Å². The van der Waals surface area contributed by atoms with E-state index in [0.717, 1.165) is 12.7 Å². The van der Waals surface area contributed by atoms with Gasteiger partial charge < -0.3 is 9.53 Å². The van der Waals surface area contributed by atoms with Gasteiger partial charge in [0, 0.05) is 6.92 Å². The van der Waals surface area contributed by atoms with E-state index in [1.54, 1.807) is 6.08 Å². The van der Waals surface area contributed by atoms with E-state index in [2.05, 4.69) is 0 Å². The first kappa shape index (κ1) is 9.96. The van der Waals surface area contributed by atoms with Crippen molar-refractivity contribution >= 4 is 12.3 Å². The molecule has 13 heavy (non-hydrogen) atoms. The van der Waals surface area contributed by atoms with Crippen molar-refractivity contribution in [1.82, 2.24) is 0 Å². The summed E-state index contributed by atoms with van der Waals surface area (Å²) in [4.78, 5) is 21.4. The fourth-order valence-electron chi connectivity index (χ4n) is 1.56. The Balaban J connectivity index is 2.69. The molecule has 72 valence electrons. The molecule has 0 fully saturated rings. The summed E-state index contributed by atoms with van der Waals surface area (Å²) in [6.45, 7) is 3.34. The minimum Gasteiger partial charge on any atom is -0.458 e. The molecule has 0 heterocycles. The van der Waals surface area contributed by atoms with Gasteiger partial charge in [0.05, 0.1) is 5.92 Å². The number of ether oxygens (including phenoxy) is 1. The molecular formula is C10H14O3. The van der Waals surface area contributed by atoms with Gasteiger partial charge in [0.25, 0.3) is 0 Å². The Morgan fingerprint density at radius 3 is 2.85 bits per heavy atom. The van der Waals surface area contributed by atoms with Crippen molar-refractivity contribution in [3.05, 3.63) is 12.2 Å². The Morgan fingerprint density at radius 2 is 2.31 bits per heavy atom. The average molecular weight is 182 g/mol. The third-order valence-electron chi connectivity index (χ3n) is 2.33. The summed E-state index contributed by atoms with van der Waals surface area (Å²) in [5.41, 5.74) is 0. The number of allylic oxidation sites excluding steroid dienone is 1. The monoisotopic (exact) mass is 182 g/mol. The second-order valence-corrected chi connectivity index (χ2v) is 3.43. The molecule has 0 saturated carbocycles. The first-order chi connectivity index (χ1) is 6.15. The van der Waals surface area contributed by atoms with Crippen LogP contribution >= 0.6 is 0 Å². The Bertz CT molecular complexity index is 232. The second-order valence-electron chi connectivity index (χ2n) is 3.43. The van der Waals surface area contributed by atoms with Crippen LogP contribution in [0.3, 0.4) is 0 Å². The van der Waals surface area contributed by atoms with E-state index in [9.17, 15) is 9.59 Å². The van der Waals surface area contributed by atoms with Gasteiger partial charge in [-0.1, -0.05) is 13.0 Å².